The fourth-order valence-electron chi connectivity index (χ4n) is 3.06. The smallest absolute Gasteiger partial charge is 0.361 e. The molecule has 0 radical (unpaired) electrons. The van der Waals surface area contributed by atoms with Gasteiger partial charge in [-0.3, -0.25) is 10.2 Å². The molecule has 1 N–H and O–H groups in total. The number of rotatable bonds is 5. The normalized spacial score (nSPS) is 18.0. The van der Waals surface area contributed by atoms with Gasteiger partial charge in [-0.05, 0) is 17.7 Å². The summed E-state index contributed by atoms with van der Waals surface area (Å²) >= 11 is 1.28. The Labute approximate surface area is 166 Å². The van der Waals surface area contributed by atoms with Crippen molar-refractivity contribution in [3.8, 4) is 0 Å². The molecule has 0 unspecified atom stereocenters. The van der Waals surface area contributed by atoms with E-state index in [4.69, 9.17) is 4.74 Å². The minimum atomic E-state index is -0.554. The first kappa shape index (κ1) is 18.2. The third-order valence-electron chi connectivity index (χ3n) is 4.38. The van der Waals surface area contributed by atoms with Gasteiger partial charge in [-0.1, -0.05) is 72.4 Å². The molecule has 1 aliphatic heterocycles. The Kier molecular flexibility index (Phi) is 5.12. The van der Waals surface area contributed by atoms with Gasteiger partial charge < -0.3 is 4.74 Å². The number of Topliss-reactive ketones (excluding diaryl/α,β-unsaturated/α-hetero) is 1. The van der Waals surface area contributed by atoms with Gasteiger partial charge in [0.2, 0.25) is 5.69 Å². The van der Waals surface area contributed by atoms with Gasteiger partial charge in [0.15, 0.2) is 10.8 Å². The van der Waals surface area contributed by atoms with E-state index >= 15 is 0 Å². The number of benzene rings is 2. The molecule has 0 amide bonds. The quantitative estimate of drug-likeness (QED) is 0.526. The number of hydrogen-bond donors (Lipinski definition) is 1. The standard InChI is InChI=1S/C20H18N4O3S/c1-2-27-20(26)16-19-24(23-21-16)22-15(13-9-5-3-6-10-13)18(28-19)17(25)14-11-7-4-8-12-14/h3-12,15,18,22H,2H2,1H3/t15-,18+/m1/s1. The molecule has 0 saturated heterocycles. The molecule has 0 spiro atoms. The van der Waals surface area contributed by atoms with Crippen molar-refractivity contribution in [3.63, 3.8) is 0 Å². The zero-order chi connectivity index (χ0) is 19.5. The van der Waals surface area contributed by atoms with Crippen LogP contribution in [0.4, 0.5) is 0 Å². The van der Waals surface area contributed by atoms with Crippen molar-refractivity contribution in [2.45, 2.75) is 23.2 Å². The number of carbonyl (C=O) groups excluding carboxylic acids is 2. The summed E-state index contributed by atoms with van der Waals surface area (Å²) in [6.07, 6.45) is 0. The van der Waals surface area contributed by atoms with Crippen LogP contribution < -0.4 is 5.43 Å². The molecule has 2 heterocycles. The average Bonchev–Trinajstić information content (AvgIpc) is 3.17. The second kappa shape index (κ2) is 7.85. The molecule has 8 heteroatoms. The lowest BCUT2D eigenvalue weighted by Gasteiger charge is -2.32. The van der Waals surface area contributed by atoms with Crippen LogP contribution in [0.2, 0.25) is 0 Å². The number of thioether (sulfide) groups is 1. The number of esters is 1. The molecule has 1 aliphatic rings. The molecule has 2 aromatic carbocycles. The van der Waals surface area contributed by atoms with Gasteiger partial charge in [0, 0.05) is 5.56 Å². The van der Waals surface area contributed by atoms with Crippen molar-refractivity contribution in [2.75, 3.05) is 12.0 Å². The van der Waals surface area contributed by atoms with Gasteiger partial charge in [-0.2, -0.15) is 4.79 Å². The molecule has 1 aromatic heterocycles. The van der Waals surface area contributed by atoms with E-state index in [1.54, 1.807) is 19.1 Å². The summed E-state index contributed by atoms with van der Waals surface area (Å²) in [5.41, 5.74) is 4.89. The van der Waals surface area contributed by atoms with E-state index in [0.29, 0.717) is 10.6 Å². The van der Waals surface area contributed by atoms with Gasteiger partial charge >= 0.3 is 5.97 Å². The average molecular weight is 394 g/mol. The van der Waals surface area contributed by atoms with Gasteiger partial charge in [0.1, 0.15) is 5.25 Å². The Morgan fingerprint density at radius 3 is 2.46 bits per heavy atom. The molecule has 7 nitrogen and oxygen atoms in total. The lowest BCUT2D eigenvalue weighted by Crippen LogP contribution is -2.39. The van der Waals surface area contributed by atoms with Gasteiger partial charge in [-0.25, -0.2) is 4.79 Å². The van der Waals surface area contributed by atoms with Crippen molar-refractivity contribution in [1.29, 1.82) is 0 Å². The number of nitrogens with one attached hydrogen (secondary N) is 1. The van der Waals surface area contributed by atoms with E-state index in [2.05, 4.69) is 15.7 Å². The number of aromatic nitrogens is 3. The highest BCUT2D eigenvalue weighted by Gasteiger charge is 2.39. The zero-order valence-corrected chi connectivity index (χ0v) is 15.9. The first-order valence-electron chi connectivity index (χ1n) is 8.89. The lowest BCUT2D eigenvalue weighted by atomic mass is 9.97. The number of hydrogen-bond acceptors (Lipinski definition) is 7. The van der Waals surface area contributed by atoms with Crippen molar-refractivity contribution >= 4 is 23.5 Å². The van der Waals surface area contributed by atoms with E-state index in [1.165, 1.54) is 16.6 Å². The Hall–Kier alpha value is -3.13. The first-order chi connectivity index (χ1) is 13.7. The fourth-order valence-corrected chi connectivity index (χ4v) is 4.32. The van der Waals surface area contributed by atoms with Crippen LogP contribution >= 0.6 is 11.8 Å². The van der Waals surface area contributed by atoms with E-state index in [1.807, 2.05) is 48.5 Å². The predicted octanol–water partition coefficient (Wildman–Crippen LogP) is 3.10. The number of nitrogens with zero attached hydrogens (tertiary/aromatic N) is 3. The summed E-state index contributed by atoms with van der Waals surface area (Å²) in [5.74, 6) is -0.587. The summed E-state index contributed by atoms with van der Waals surface area (Å²) < 4.78 is 5.06. The van der Waals surface area contributed by atoms with Crippen LogP contribution in [0.25, 0.3) is 0 Å². The Morgan fingerprint density at radius 1 is 1.11 bits per heavy atom. The molecule has 0 fully saturated rings. The van der Waals surface area contributed by atoms with Gasteiger partial charge in [0.25, 0.3) is 0 Å². The summed E-state index contributed by atoms with van der Waals surface area (Å²) in [6.45, 7) is 1.97. The molecular formula is C20H18N4O3S. The molecule has 0 aliphatic carbocycles. The maximum Gasteiger partial charge on any atom is 0.361 e. The van der Waals surface area contributed by atoms with E-state index in [-0.39, 0.29) is 24.1 Å². The molecule has 28 heavy (non-hydrogen) atoms. The van der Waals surface area contributed by atoms with Crippen molar-refractivity contribution in [1.82, 2.24) is 15.1 Å². The van der Waals surface area contributed by atoms with E-state index in [0.717, 1.165) is 5.56 Å². The predicted molar refractivity (Wildman–Crippen MR) is 105 cm³/mol. The van der Waals surface area contributed by atoms with Crippen molar-refractivity contribution in [2.24, 2.45) is 0 Å². The number of ketones is 1. The highest BCUT2D eigenvalue weighted by atomic mass is 32.2. The minimum Gasteiger partial charge on any atom is -0.461 e. The van der Waals surface area contributed by atoms with Crippen LogP contribution in [0.1, 0.15) is 39.4 Å². The Balaban J connectivity index is 1.74. The number of fused-ring (bicyclic) bond motifs is 1. The van der Waals surface area contributed by atoms with Crippen LogP contribution in [0.5, 0.6) is 0 Å². The number of ether oxygens (including phenoxy) is 1. The summed E-state index contributed by atoms with van der Waals surface area (Å²) in [6, 6.07) is 18.5. The van der Waals surface area contributed by atoms with Crippen LogP contribution in [-0.2, 0) is 4.74 Å². The SMILES string of the molecule is CCOC(=O)c1nnn2c1S[C@H](C(=O)c1ccccc1)[C@@H](c1ccccc1)N2. The topological polar surface area (TPSA) is 86.1 Å². The third kappa shape index (κ3) is 3.38. The van der Waals surface area contributed by atoms with Crippen molar-refractivity contribution in [3.05, 3.63) is 77.5 Å². The number of carbonyl (C=O) groups is 2. The molecule has 2 atom stereocenters. The van der Waals surface area contributed by atoms with Crippen LogP contribution in [0.3, 0.4) is 0 Å². The lowest BCUT2D eigenvalue weighted by molar-refractivity contribution is 0.0514. The molecule has 142 valence electrons. The maximum atomic E-state index is 13.3. The highest BCUT2D eigenvalue weighted by Crippen LogP contribution is 2.40. The maximum absolute atomic E-state index is 13.3. The summed E-state index contributed by atoms with van der Waals surface area (Å²) in [4.78, 5) is 27.0. The van der Waals surface area contributed by atoms with Crippen LogP contribution in [0.15, 0.2) is 65.7 Å². The van der Waals surface area contributed by atoms with E-state index in [9.17, 15) is 9.59 Å². The van der Waals surface area contributed by atoms with Crippen LogP contribution in [-0.4, -0.2) is 38.7 Å². The summed E-state index contributed by atoms with van der Waals surface area (Å²) in [5, 5.41) is 7.96. The second-order valence-corrected chi connectivity index (χ2v) is 7.29. The first-order valence-corrected chi connectivity index (χ1v) is 9.77. The highest BCUT2D eigenvalue weighted by molar-refractivity contribution is 8.00. The molecule has 3 aromatic rings. The fraction of sp³-hybridized carbons (Fsp3) is 0.200. The van der Waals surface area contributed by atoms with E-state index < -0.39 is 11.2 Å². The van der Waals surface area contributed by atoms with Crippen LogP contribution in [0, 0.1) is 0 Å². The summed E-state index contributed by atoms with van der Waals surface area (Å²) in [7, 11) is 0. The zero-order valence-electron chi connectivity index (χ0n) is 15.1. The second-order valence-electron chi connectivity index (χ2n) is 6.16. The molecule has 0 saturated carbocycles. The van der Waals surface area contributed by atoms with Gasteiger partial charge in [-0.15, -0.1) is 5.10 Å². The van der Waals surface area contributed by atoms with Gasteiger partial charge in [0.05, 0.1) is 12.6 Å². The van der Waals surface area contributed by atoms with Crippen molar-refractivity contribution < 1.29 is 14.3 Å². The minimum absolute atomic E-state index is 0.0331. The molecule has 0 bridgehead atoms. The third-order valence-corrected chi connectivity index (χ3v) is 5.71. The molecular weight excluding hydrogens is 376 g/mol. The monoisotopic (exact) mass is 394 g/mol. The Bertz CT molecular complexity index is 991. The molecule has 4 rings (SSSR count). The largest absolute Gasteiger partial charge is 0.461 e. The Morgan fingerprint density at radius 2 is 1.79 bits per heavy atom.